The summed E-state index contributed by atoms with van der Waals surface area (Å²) in [5.74, 6) is -1.04. The predicted molar refractivity (Wildman–Crippen MR) is 77.2 cm³/mol. The smallest absolute Gasteiger partial charge is 0.342 e. The quantitative estimate of drug-likeness (QED) is 0.660. The summed E-state index contributed by atoms with van der Waals surface area (Å²) < 4.78 is 18.3. The third-order valence-corrected chi connectivity index (χ3v) is 3.24. The lowest BCUT2D eigenvalue weighted by Gasteiger charge is -2.18. The van der Waals surface area contributed by atoms with Gasteiger partial charge >= 0.3 is 5.97 Å². The maximum atomic E-state index is 13.8. The van der Waals surface area contributed by atoms with Gasteiger partial charge in [-0.25, -0.2) is 9.18 Å². The molecule has 0 saturated carbocycles. The number of nitrogens with two attached hydrogens (primary N) is 1. The lowest BCUT2D eigenvalue weighted by Crippen LogP contribution is -2.31. The number of benzene rings is 1. The van der Waals surface area contributed by atoms with Crippen molar-refractivity contribution < 1.29 is 13.9 Å². The molecule has 8 heteroatoms. The number of carbonyl (C=O) groups excluding carboxylic acids is 1. The largest absolute Gasteiger partial charge is 0.464 e. The summed E-state index contributed by atoms with van der Waals surface area (Å²) in [4.78, 5) is 11.3. The van der Waals surface area contributed by atoms with Gasteiger partial charge in [0, 0.05) is 5.02 Å². The Bertz CT molecular complexity index is 459. The first kappa shape index (κ1) is 18.7. The minimum Gasteiger partial charge on any atom is -0.464 e. The van der Waals surface area contributed by atoms with Crippen molar-refractivity contribution in [2.75, 3.05) is 6.61 Å². The molecule has 0 amide bonds. The molecule has 19 heavy (non-hydrogen) atoms. The summed E-state index contributed by atoms with van der Waals surface area (Å²) in [5.41, 5.74) is 5.79. The van der Waals surface area contributed by atoms with Crippen molar-refractivity contribution in [3.63, 3.8) is 0 Å². The van der Waals surface area contributed by atoms with Gasteiger partial charge in [-0.1, -0.05) is 34.8 Å². The molecule has 0 radical (unpaired) electrons. The van der Waals surface area contributed by atoms with Crippen LogP contribution in [0.3, 0.4) is 0 Å². The van der Waals surface area contributed by atoms with Crippen molar-refractivity contribution >= 4 is 53.2 Å². The molecule has 1 aromatic rings. The molecule has 0 heterocycles. The van der Waals surface area contributed by atoms with E-state index in [9.17, 15) is 9.18 Å². The first-order valence-corrected chi connectivity index (χ1v) is 6.22. The number of ether oxygens (including phenoxy) is 1. The summed E-state index contributed by atoms with van der Waals surface area (Å²) in [5, 5.41) is 0.470. The van der Waals surface area contributed by atoms with Gasteiger partial charge in [-0.3, -0.25) is 0 Å². The second-order valence-corrected chi connectivity index (χ2v) is 4.69. The number of alkyl halides is 1. The fourth-order valence-corrected chi connectivity index (χ4v) is 2.09. The average Bonchev–Trinajstić information content (AvgIpc) is 2.32. The standard InChI is InChI=1S/C11H11Cl3FNO2.ClH/c1-2-18-11(17)9(15)10(16)6-3-5(12)4-7(13)8(6)14;/h3-4,9-10H,2,16H2,1H3;1H/t9?,10-;/m1./s1. The Morgan fingerprint density at radius 3 is 2.53 bits per heavy atom. The van der Waals surface area contributed by atoms with Crippen LogP contribution in [-0.2, 0) is 9.53 Å². The predicted octanol–water partition coefficient (Wildman–Crippen LogP) is 3.97. The minimum atomic E-state index is -2.03. The van der Waals surface area contributed by atoms with E-state index in [4.69, 9.17) is 40.5 Å². The van der Waals surface area contributed by atoms with E-state index in [1.54, 1.807) is 6.92 Å². The topological polar surface area (TPSA) is 52.3 Å². The van der Waals surface area contributed by atoms with Crippen LogP contribution in [-0.4, -0.2) is 18.7 Å². The number of carbonyl (C=O) groups is 1. The number of halogens is 5. The van der Waals surface area contributed by atoms with E-state index < -0.39 is 18.2 Å². The van der Waals surface area contributed by atoms with Crippen LogP contribution >= 0.6 is 47.2 Å². The van der Waals surface area contributed by atoms with Crippen LogP contribution in [0.1, 0.15) is 18.5 Å². The molecule has 2 atom stereocenters. The summed E-state index contributed by atoms with van der Waals surface area (Å²) in [7, 11) is 0. The van der Waals surface area contributed by atoms with Gasteiger partial charge in [0.15, 0.2) is 0 Å². The van der Waals surface area contributed by atoms with Gasteiger partial charge in [0.25, 0.3) is 0 Å². The highest BCUT2D eigenvalue weighted by molar-refractivity contribution is 6.43. The molecule has 0 saturated heterocycles. The van der Waals surface area contributed by atoms with Crippen molar-refractivity contribution in [2.24, 2.45) is 5.73 Å². The molecule has 108 valence electrons. The molecule has 0 bridgehead atoms. The first-order valence-electron chi connectivity index (χ1n) is 5.09. The van der Waals surface area contributed by atoms with Crippen molar-refractivity contribution in [2.45, 2.75) is 19.1 Å². The zero-order chi connectivity index (χ0) is 13.9. The van der Waals surface area contributed by atoms with Gasteiger partial charge < -0.3 is 10.5 Å². The summed E-state index contributed by atoms with van der Waals surface area (Å²) in [6, 6.07) is 1.48. The molecule has 3 nitrogen and oxygen atoms in total. The molecule has 0 fully saturated rings. The van der Waals surface area contributed by atoms with Crippen LogP contribution in [0.5, 0.6) is 0 Å². The van der Waals surface area contributed by atoms with E-state index in [0.717, 1.165) is 0 Å². The molecule has 0 aliphatic heterocycles. The second-order valence-electron chi connectivity index (χ2n) is 3.47. The molecule has 0 aliphatic carbocycles. The summed E-state index contributed by atoms with van der Waals surface area (Å²) in [6.45, 7) is 1.63. The van der Waals surface area contributed by atoms with Crippen LogP contribution in [0.25, 0.3) is 0 Å². The molecular formula is C11H12Cl4FNO2. The Hall–Kier alpha value is -0.260. The fourth-order valence-electron chi connectivity index (χ4n) is 1.34. The van der Waals surface area contributed by atoms with E-state index in [2.05, 4.69) is 4.74 Å². The second kappa shape index (κ2) is 8.12. The molecule has 0 aromatic heterocycles. The molecule has 0 aliphatic rings. The summed E-state index contributed by atoms with van der Waals surface area (Å²) in [6.07, 6.45) is -2.03. The SMILES string of the molecule is CCOC(=O)C(F)[C@H](N)c1cc(Cl)cc(Cl)c1Cl.Cl. The van der Waals surface area contributed by atoms with Crippen molar-refractivity contribution in [3.05, 3.63) is 32.8 Å². The van der Waals surface area contributed by atoms with Gasteiger partial charge in [-0.2, -0.15) is 0 Å². The monoisotopic (exact) mass is 349 g/mol. The van der Waals surface area contributed by atoms with Gasteiger partial charge in [-0.05, 0) is 24.6 Å². The van der Waals surface area contributed by atoms with Crippen molar-refractivity contribution in [1.82, 2.24) is 0 Å². The zero-order valence-electron chi connectivity index (χ0n) is 9.83. The van der Waals surface area contributed by atoms with Gasteiger partial charge in [0.05, 0.1) is 22.7 Å². The Labute approximate surface area is 131 Å². The third kappa shape index (κ3) is 4.65. The molecule has 1 rings (SSSR count). The highest BCUT2D eigenvalue weighted by Crippen LogP contribution is 2.34. The lowest BCUT2D eigenvalue weighted by molar-refractivity contribution is -0.149. The minimum absolute atomic E-state index is 0. The van der Waals surface area contributed by atoms with Crippen LogP contribution in [0, 0.1) is 0 Å². The molecule has 2 N–H and O–H groups in total. The number of esters is 1. The highest BCUT2D eigenvalue weighted by Gasteiger charge is 2.30. The Balaban J connectivity index is 0.00000324. The number of rotatable bonds is 4. The number of hydrogen-bond donors (Lipinski definition) is 1. The van der Waals surface area contributed by atoms with Crippen LogP contribution in [0.2, 0.25) is 15.1 Å². The van der Waals surface area contributed by atoms with Crippen LogP contribution in [0.15, 0.2) is 12.1 Å². The molecular weight excluding hydrogens is 339 g/mol. The molecule has 1 aromatic carbocycles. The van der Waals surface area contributed by atoms with E-state index in [1.807, 2.05) is 0 Å². The maximum absolute atomic E-state index is 13.8. The first-order chi connectivity index (χ1) is 8.38. The molecule has 0 spiro atoms. The Morgan fingerprint density at radius 2 is 2.00 bits per heavy atom. The van der Waals surface area contributed by atoms with Crippen molar-refractivity contribution in [3.8, 4) is 0 Å². The highest BCUT2D eigenvalue weighted by atomic mass is 35.5. The normalized spacial score (nSPS) is 13.4. The van der Waals surface area contributed by atoms with Crippen LogP contribution in [0.4, 0.5) is 4.39 Å². The van der Waals surface area contributed by atoms with Crippen molar-refractivity contribution in [1.29, 1.82) is 0 Å². The average molecular weight is 351 g/mol. The van der Waals surface area contributed by atoms with E-state index in [1.165, 1.54) is 12.1 Å². The Kier molecular flexibility index (Phi) is 8.01. The molecule has 1 unspecified atom stereocenters. The van der Waals surface area contributed by atoms with Crippen LogP contribution < -0.4 is 5.73 Å². The van der Waals surface area contributed by atoms with Gasteiger partial charge in [0.2, 0.25) is 6.17 Å². The maximum Gasteiger partial charge on any atom is 0.342 e. The fraction of sp³-hybridized carbons (Fsp3) is 0.364. The lowest BCUT2D eigenvalue weighted by atomic mass is 10.0. The number of hydrogen-bond acceptors (Lipinski definition) is 3. The third-order valence-electron chi connectivity index (χ3n) is 2.21. The van der Waals surface area contributed by atoms with Gasteiger partial charge in [0.1, 0.15) is 0 Å². The summed E-state index contributed by atoms with van der Waals surface area (Å²) >= 11 is 17.5. The van der Waals surface area contributed by atoms with E-state index in [0.29, 0.717) is 0 Å². The van der Waals surface area contributed by atoms with E-state index >= 15 is 0 Å². The van der Waals surface area contributed by atoms with Gasteiger partial charge in [-0.15, -0.1) is 12.4 Å². The van der Waals surface area contributed by atoms with E-state index in [-0.39, 0.29) is 39.6 Å². The Morgan fingerprint density at radius 1 is 1.42 bits per heavy atom. The zero-order valence-corrected chi connectivity index (χ0v) is 12.9.